The van der Waals surface area contributed by atoms with Gasteiger partial charge in [-0.15, -0.1) is 0 Å². The molecule has 1 unspecified atom stereocenters. The minimum Gasteiger partial charge on any atom is -0.388 e. The molecule has 15 heavy (non-hydrogen) atoms. The summed E-state index contributed by atoms with van der Waals surface area (Å²) in [6, 6.07) is 5.65. The molecule has 0 bridgehead atoms. The molecule has 3 heteroatoms. The van der Waals surface area contributed by atoms with Crippen LogP contribution >= 0.6 is 27.5 Å². The summed E-state index contributed by atoms with van der Waals surface area (Å²) in [5.41, 5.74) is 0.920. The number of hydrogen-bond acceptors (Lipinski definition) is 1. The molecule has 0 saturated heterocycles. The Kier molecular flexibility index (Phi) is 3.70. The Bertz CT molecular complexity index is 349. The van der Waals surface area contributed by atoms with E-state index in [0.717, 1.165) is 28.8 Å². The first-order valence-corrected chi connectivity index (χ1v) is 6.47. The summed E-state index contributed by atoms with van der Waals surface area (Å²) in [5, 5.41) is 10.6. The van der Waals surface area contributed by atoms with E-state index in [1.165, 1.54) is 12.8 Å². The van der Waals surface area contributed by atoms with E-state index in [4.69, 9.17) is 11.6 Å². The highest BCUT2D eigenvalue weighted by atomic mass is 79.9. The summed E-state index contributed by atoms with van der Waals surface area (Å²) < 4.78 is 0.877. The lowest BCUT2D eigenvalue weighted by atomic mass is 10.0. The molecule has 0 heterocycles. The van der Waals surface area contributed by atoms with E-state index in [-0.39, 0.29) is 6.10 Å². The maximum atomic E-state index is 9.94. The van der Waals surface area contributed by atoms with E-state index < -0.39 is 0 Å². The molecule has 1 fully saturated rings. The standard InChI is InChI=1S/C12H14BrClO/c13-10-5-4-9(7-11(10)14)12(15)6-3-8-1-2-8/h4-5,7-8,12,15H,1-3,6H2. The van der Waals surface area contributed by atoms with Gasteiger partial charge >= 0.3 is 0 Å². The molecule has 0 spiro atoms. The lowest BCUT2D eigenvalue weighted by Gasteiger charge is -2.11. The lowest BCUT2D eigenvalue weighted by molar-refractivity contribution is 0.162. The average Bonchev–Trinajstić information content (AvgIpc) is 3.02. The molecule has 0 aromatic heterocycles. The summed E-state index contributed by atoms with van der Waals surface area (Å²) in [5.74, 6) is 0.866. The van der Waals surface area contributed by atoms with Crippen molar-refractivity contribution in [1.29, 1.82) is 0 Å². The first-order chi connectivity index (χ1) is 7.16. The Balaban J connectivity index is 1.97. The van der Waals surface area contributed by atoms with Crippen molar-refractivity contribution in [3.8, 4) is 0 Å². The van der Waals surface area contributed by atoms with E-state index in [2.05, 4.69) is 15.9 Å². The van der Waals surface area contributed by atoms with Crippen LogP contribution in [-0.4, -0.2) is 5.11 Å². The fourth-order valence-corrected chi connectivity index (χ4v) is 2.12. The van der Waals surface area contributed by atoms with Crippen LogP contribution in [0.3, 0.4) is 0 Å². The van der Waals surface area contributed by atoms with Gasteiger partial charge < -0.3 is 5.11 Å². The van der Waals surface area contributed by atoms with Gasteiger partial charge in [-0.1, -0.05) is 30.5 Å². The minimum absolute atomic E-state index is 0.365. The highest BCUT2D eigenvalue weighted by Gasteiger charge is 2.22. The van der Waals surface area contributed by atoms with Gasteiger partial charge in [0.2, 0.25) is 0 Å². The average molecular weight is 290 g/mol. The number of aliphatic hydroxyl groups is 1. The van der Waals surface area contributed by atoms with Gasteiger partial charge in [0.05, 0.1) is 11.1 Å². The highest BCUT2D eigenvalue weighted by Crippen LogP contribution is 2.36. The second kappa shape index (κ2) is 4.86. The molecule has 0 aliphatic heterocycles. The maximum Gasteiger partial charge on any atom is 0.0790 e. The Hall–Kier alpha value is -0.0500. The summed E-state index contributed by atoms with van der Waals surface area (Å²) in [6.45, 7) is 0. The highest BCUT2D eigenvalue weighted by molar-refractivity contribution is 9.10. The first kappa shape index (κ1) is 11.4. The molecule has 1 N–H and O–H groups in total. The topological polar surface area (TPSA) is 20.2 Å². The summed E-state index contributed by atoms with van der Waals surface area (Å²) >= 11 is 9.31. The smallest absolute Gasteiger partial charge is 0.0790 e. The molecule has 1 aliphatic rings. The van der Waals surface area contributed by atoms with Crippen LogP contribution in [0, 0.1) is 5.92 Å². The first-order valence-electron chi connectivity index (χ1n) is 5.30. The van der Waals surface area contributed by atoms with Gasteiger partial charge in [0.15, 0.2) is 0 Å². The summed E-state index contributed by atoms with van der Waals surface area (Å²) in [6.07, 6.45) is 4.30. The van der Waals surface area contributed by atoms with Crippen LogP contribution in [0.1, 0.15) is 37.4 Å². The number of aliphatic hydroxyl groups excluding tert-OH is 1. The van der Waals surface area contributed by atoms with Crippen LogP contribution in [0.4, 0.5) is 0 Å². The second-order valence-corrected chi connectivity index (χ2v) is 5.47. The third-order valence-corrected chi connectivity index (χ3v) is 4.11. The van der Waals surface area contributed by atoms with Gasteiger partial charge in [-0.25, -0.2) is 0 Å². The largest absolute Gasteiger partial charge is 0.388 e. The van der Waals surface area contributed by atoms with E-state index in [1.807, 2.05) is 18.2 Å². The zero-order valence-corrected chi connectivity index (χ0v) is 10.8. The molecule has 1 atom stereocenters. The van der Waals surface area contributed by atoms with Crippen molar-refractivity contribution < 1.29 is 5.11 Å². The quantitative estimate of drug-likeness (QED) is 0.875. The van der Waals surface area contributed by atoms with Crippen molar-refractivity contribution in [3.63, 3.8) is 0 Å². The molecule has 0 radical (unpaired) electrons. The van der Waals surface area contributed by atoms with Crippen LogP contribution in [0.25, 0.3) is 0 Å². The summed E-state index contributed by atoms with van der Waals surface area (Å²) in [4.78, 5) is 0. The molecule has 2 rings (SSSR count). The van der Waals surface area contributed by atoms with Crippen molar-refractivity contribution >= 4 is 27.5 Å². The van der Waals surface area contributed by atoms with Crippen molar-refractivity contribution in [2.75, 3.05) is 0 Å². The molecule has 82 valence electrons. The van der Waals surface area contributed by atoms with Crippen molar-refractivity contribution in [2.24, 2.45) is 5.92 Å². The van der Waals surface area contributed by atoms with Crippen LogP contribution in [0.2, 0.25) is 5.02 Å². The molecular formula is C12H14BrClO. The predicted octanol–water partition coefficient (Wildman–Crippen LogP) is 4.33. The van der Waals surface area contributed by atoms with Gasteiger partial charge in [-0.2, -0.15) is 0 Å². The minimum atomic E-state index is -0.365. The van der Waals surface area contributed by atoms with E-state index in [1.54, 1.807) is 0 Å². The monoisotopic (exact) mass is 288 g/mol. The van der Waals surface area contributed by atoms with Crippen LogP contribution < -0.4 is 0 Å². The Labute approximate surface area is 104 Å². The van der Waals surface area contributed by atoms with Gasteiger partial charge in [-0.05, 0) is 52.4 Å². The molecule has 1 nitrogen and oxygen atoms in total. The number of hydrogen-bond donors (Lipinski definition) is 1. The molecule has 1 aliphatic carbocycles. The zero-order valence-electron chi connectivity index (χ0n) is 8.42. The van der Waals surface area contributed by atoms with Crippen LogP contribution in [-0.2, 0) is 0 Å². The van der Waals surface area contributed by atoms with Crippen LogP contribution in [0.5, 0.6) is 0 Å². The fourth-order valence-electron chi connectivity index (χ4n) is 1.69. The number of rotatable bonds is 4. The van der Waals surface area contributed by atoms with Crippen molar-refractivity contribution in [1.82, 2.24) is 0 Å². The molecule has 1 aromatic rings. The molecular weight excluding hydrogens is 275 g/mol. The Morgan fingerprint density at radius 2 is 2.20 bits per heavy atom. The third-order valence-electron chi connectivity index (χ3n) is 2.87. The van der Waals surface area contributed by atoms with Gasteiger partial charge in [0, 0.05) is 4.47 Å². The van der Waals surface area contributed by atoms with E-state index in [9.17, 15) is 5.11 Å². The third kappa shape index (κ3) is 3.20. The summed E-state index contributed by atoms with van der Waals surface area (Å²) in [7, 11) is 0. The predicted molar refractivity (Wildman–Crippen MR) is 66.1 cm³/mol. The Morgan fingerprint density at radius 1 is 1.47 bits per heavy atom. The van der Waals surface area contributed by atoms with Gasteiger partial charge in [0.1, 0.15) is 0 Å². The van der Waals surface area contributed by atoms with Crippen molar-refractivity contribution in [2.45, 2.75) is 31.8 Å². The fraction of sp³-hybridized carbons (Fsp3) is 0.500. The van der Waals surface area contributed by atoms with Crippen LogP contribution in [0.15, 0.2) is 22.7 Å². The molecule has 1 aromatic carbocycles. The SMILES string of the molecule is OC(CCC1CC1)c1ccc(Br)c(Cl)c1. The van der Waals surface area contributed by atoms with E-state index >= 15 is 0 Å². The lowest BCUT2D eigenvalue weighted by Crippen LogP contribution is -1.97. The van der Waals surface area contributed by atoms with Crippen molar-refractivity contribution in [3.05, 3.63) is 33.3 Å². The van der Waals surface area contributed by atoms with Gasteiger partial charge in [-0.3, -0.25) is 0 Å². The zero-order chi connectivity index (χ0) is 10.8. The normalized spacial score (nSPS) is 17.8. The molecule has 1 saturated carbocycles. The number of benzene rings is 1. The second-order valence-electron chi connectivity index (χ2n) is 4.21. The van der Waals surface area contributed by atoms with Gasteiger partial charge in [0.25, 0.3) is 0 Å². The molecule has 0 amide bonds. The maximum absolute atomic E-state index is 9.94. The van der Waals surface area contributed by atoms with E-state index in [0.29, 0.717) is 5.02 Å². The Morgan fingerprint density at radius 3 is 2.80 bits per heavy atom. The number of halogens is 2.